The third-order valence-corrected chi connectivity index (χ3v) is 6.37. The van der Waals surface area contributed by atoms with Crippen LogP contribution in [0, 0.1) is 0 Å². The van der Waals surface area contributed by atoms with Crippen LogP contribution in [0.15, 0.2) is 54.6 Å². The third kappa shape index (κ3) is 4.65. The smallest absolute Gasteiger partial charge is 0.212 e. The molecule has 1 heterocycles. The van der Waals surface area contributed by atoms with Crippen LogP contribution in [0.2, 0.25) is 0 Å². The lowest BCUT2D eigenvalue weighted by atomic mass is 9.96. The van der Waals surface area contributed by atoms with E-state index < -0.39 is 10.0 Å². The van der Waals surface area contributed by atoms with Crippen LogP contribution >= 0.6 is 0 Å². The maximum Gasteiger partial charge on any atom is 0.212 e. The molecule has 0 bridgehead atoms. The predicted molar refractivity (Wildman–Crippen MR) is 108 cm³/mol. The van der Waals surface area contributed by atoms with E-state index in [0.717, 1.165) is 55.6 Å². The van der Waals surface area contributed by atoms with Gasteiger partial charge < -0.3 is 4.90 Å². The molecule has 1 atom stereocenters. The summed E-state index contributed by atoms with van der Waals surface area (Å²) in [6.45, 7) is 2.92. The summed E-state index contributed by atoms with van der Waals surface area (Å²) in [5.41, 5.74) is 3.28. The Morgan fingerprint density at radius 3 is 2.50 bits per heavy atom. The molecule has 5 heteroatoms. The van der Waals surface area contributed by atoms with Gasteiger partial charge in [0.1, 0.15) is 0 Å². The molecule has 0 spiro atoms. The van der Waals surface area contributed by atoms with Crippen molar-refractivity contribution in [3.8, 4) is 0 Å². The number of benzene rings is 2. The van der Waals surface area contributed by atoms with Crippen LogP contribution in [0.25, 0.3) is 0 Å². The molecule has 4 nitrogen and oxygen atoms in total. The van der Waals surface area contributed by atoms with Crippen LogP contribution in [-0.2, 0) is 10.0 Å². The highest BCUT2D eigenvalue weighted by molar-refractivity contribution is 7.89. The summed E-state index contributed by atoms with van der Waals surface area (Å²) in [7, 11) is -3.26. The highest BCUT2D eigenvalue weighted by atomic mass is 32.2. The maximum atomic E-state index is 12.5. The quantitative estimate of drug-likeness (QED) is 0.679. The van der Waals surface area contributed by atoms with Gasteiger partial charge in [-0.1, -0.05) is 62.6 Å². The number of anilines is 2. The van der Waals surface area contributed by atoms with E-state index in [-0.39, 0.29) is 11.8 Å². The van der Waals surface area contributed by atoms with Gasteiger partial charge in [0.25, 0.3) is 0 Å². The number of sulfonamides is 1. The first-order valence-corrected chi connectivity index (χ1v) is 11.2. The highest BCUT2D eigenvalue weighted by Gasteiger charge is 2.28. The molecule has 2 aromatic rings. The van der Waals surface area contributed by atoms with Gasteiger partial charge in [0.2, 0.25) is 10.0 Å². The number of hydrogen-bond donors (Lipinski definition) is 1. The van der Waals surface area contributed by atoms with E-state index in [0.29, 0.717) is 0 Å². The molecule has 1 unspecified atom stereocenters. The van der Waals surface area contributed by atoms with Gasteiger partial charge in [0, 0.05) is 17.9 Å². The van der Waals surface area contributed by atoms with E-state index in [9.17, 15) is 8.42 Å². The zero-order valence-electron chi connectivity index (χ0n) is 15.4. The molecule has 0 aromatic heterocycles. The first-order chi connectivity index (χ1) is 12.6. The Morgan fingerprint density at radius 2 is 1.73 bits per heavy atom. The van der Waals surface area contributed by atoms with E-state index in [4.69, 9.17) is 0 Å². The Morgan fingerprint density at radius 1 is 1.00 bits per heavy atom. The number of nitrogens with zero attached hydrogens (tertiary/aromatic N) is 1. The molecule has 1 aliphatic heterocycles. The zero-order chi connectivity index (χ0) is 18.4. The highest BCUT2D eigenvalue weighted by Crippen LogP contribution is 2.38. The Kier molecular flexibility index (Phi) is 6.33. The Hall–Kier alpha value is -1.85. The first-order valence-electron chi connectivity index (χ1n) is 9.52. The van der Waals surface area contributed by atoms with Gasteiger partial charge in [-0.2, -0.15) is 0 Å². The average Bonchev–Trinajstić information content (AvgIpc) is 2.66. The van der Waals surface area contributed by atoms with E-state index >= 15 is 0 Å². The lowest BCUT2D eigenvalue weighted by Gasteiger charge is -2.36. The minimum absolute atomic E-state index is 0.151. The molecular formula is C21H28N2O2S. The lowest BCUT2D eigenvalue weighted by molar-refractivity contribution is 0.529. The predicted octanol–water partition coefficient (Wildman–Crippen LogP) is 4.77. The Bertz CT molecular complexity index is 806. The molecule has 0 radical (unpaired) electrons. The van der Waals surface area contributed by atoms with Crippen LogP contribution in [0.4, 0.5) is 11.4 Å². The SMILES string of the molecule is CCCCCCS(=O)(=O)NC1CCN(c2ccccc2)c2ccccc21. The summed E-state index contributed by atoms with van der Waals surface area (Å²) in [5.74, 6) is 0.216. The van der Waals surface area contributed by atoms with E-state index in [1.807, 2.05) is 36.4 Å². The molecule has 1 N–H and O–H groups in total. The first kappa shape index (κ1) is 18.9. The summed E-state index contributed by atoms with van der Waals surface area (Å²) in [4.78, 5) is 2.27. The molecule has 0 fully saturated rings. The molecule has 0 aliphatic carbocycles. The van der Waals surface area contributed by atoms with Gasteiger partial charge in [-0.3, -0.25) is 0 Å². The fourth-order valence-corrected chi connectivity index (χ4v) is 4.94. The lowest BCUT2D eigenvalue weighted by Crippen LogP contribution is -2.37. The van der Waals surface area contributed by atoms with Crippen molar-refractivity contribution in [1.82, 2.24) is 4.72 Å². The average molecular weight is 373 g/mol. The maximum absolute atomic E-state index is 12.5. The standard InChI is InChI=1S/C21H28N2O2S/c1-2-3-4-10-17-26(24,25)22-20-15-16-23(18-11-6-5-7-12-18)21-14-9-8-13-19(20)21/h5-9,11-14,20,22H,2-4,10,15-17H2,1H3. The molecule has 1 aliphatic rings. The molecule has 2 aromatic carbocycles. The molecule has 0 amide bonds. The van der Waals surface area contributed by atoms with Gasteiger partial charge in [-0.05, 0) is 36.6 Å². The molecule has 26 heavy (non-hydrogen) atoms. The Labute approximate surface area is 157 Å². The van der Waals surface area contributed by atoms with Crippen LogP contribution < -0.4 is 9.62 Å². The van der Waals surface area contributed by atoms with Crippen LogP contribution in [0.1, 0.15) is 50.6 Å². The monoisotopic (exact) mass is 372 g/mol. The third-order valence-electron chi connectivity index (χ3n) is 4.90. The van der Waals surface area contributed by atoms with Crippen molar-refractivity contribution < 1.29 is 8.42 Å². The summed E-state index contributed by atoms with van der Waals surface area (Å²) < 4.78 is 27.9. The minimum Gasteiger partial charge on any atom is -0.341 e. The van der Waals surface area contributed by atoms with Gasteiger partial charge >= 0.3 is 0 Å². The van der Waals surface area contributed by atoms with E-state index in [1.165, 1.54) is 0 Å². The van der Waals surface area contributed by atoms with Crippen molar-refractivity contribution >= 4 is 21.4 Å². The van der Waals surface area contributed by atoms with Crippen LogP contribution in [-0.4, -0.2) is 20.7 Å². The van der Waals surface area contributed by atoms with Crippen molar-refractivity contribution in [1.29, 1.82) is 0 Å². The molecule has 0 saturated heterocycles. The number of unbranched alkanes of at least 4 members (excludes halogenated alkanes) is 3. The summed E-state index contributed by atoms with van der Waals surface area (Å²) in [5, 5.41) is 0. The van der Waals surface area contributed by atoms with Crippen molar-refractivity contribution in [2.24, 2.45) is 0 Å². The summed E-state index contributed by atoms with van der Waals surface area (Å²) >= 11 is 0. The normalized spacial score (nSPS) is 17.1. The van der Waals surface area contributed by atoms with Gasteiger partial charge in [-0.25, -0.2) is 13.1 Å². The Balaban J connectivity index is 1.76. The number of hydrogen-bond acceptors (Lipinski definition) is 3. The molecule has 3 rings (SSSR count). The molecule has 0 saturated carbocycles. The summed E-state index contributed by atoms with van der Waals surface area (Å²) in [6.07, 6.45) is 4.67. The number of rotatable bonds is 8. The van der Waals surface area contributed by atoms with Crippen molar-refractivity contribution in [2.75, 3.05) is 17.2 Å². The number of para-hydroxylation sites is 2. The van der Waals surface area contributed by atoms with E-state index in [1.54, 1.807) is 0 Å². The molecular weight excluding hydrogens is 344 g/mol. The minimum atomic E-state index is -3.26. The molecule has 140 valence electrons. The number of fused-ring (bicyclic) bond motifs is 1. The topological polar surface area (TPSA) is 49.4 Å². The summed E-state index contributed by atoms with van der Waals surface area (Å²) in [6, 6.07) is 18.2. The van der Waals surface area contributed by atoms with Crippen molar-refractivity contribution in [2.45, 2.75) is 45.1 Å². The zero-order valence-corrected chi connectivity index (χ0v) is 16.2. The fraction of sp³-hybridized carbons (Fsp3) is 0.429. The van der Waals surface area contributed by atoms with Gasteiger partial charge in [0.05, 0.1) is 11.8 Å². The number of nitrogens with one attached hydrogen (secondary N) is 1. The second-order valence-corrected chi connectivity index (χ2v) is 8.76. The largest absolute Gasteiger partial charge is 0.341 e. The second kappa shape index (κ2) is 8.69. The van der Waals surface area contributed by atoms with Gasteiger partial charge in [-0.15, -0.1) is 0 Å². The van der Waals surface area contributed by atoms with Gasteiger partial charge in [0.15, 0.2) is 0 Å². The van der Waals surface area contributed by atoms with Crippen molar-refractivity contribution in [3.63, 3.8) is 0 Å². The van der Waals surface area contributed by atoms with E-state index in [2.05, 4.69) is 34.7 Å². The van der Waals surface area contributed by atoms with Crippen molar-refractivity contribution in [3.05, 3.63) is 60.2 Å². The van der Waals surface area contributed by atoms with Crippen LogP contribution in [0.5, 0.6) is 0 Å². The second-order valence-electron chi connectivity index (χ2n) is 6.88. The fourth-order valence-electron chi connectivity index (χ4n) is 3.56. The van der Waals surface area contributed by atoms with Crippen LogP contribution in [0.3, 0.4) is 0 Å².